The fraction of sp³-hybridized carbons (Fsp3) is 0.393. The van der Waals surface area contributed by atoms with E-state index in [0.29, 0.717) is 23.3 Å². The van der Waals surface area contributed by atoms with Gasteiger partial charge in [0.1, 0.15) is 29.6 Å². The maximum absolute atomic E-state index is 13.4. The van der Waals surface area contributed by atoms with Gasteiger partial charge >= 0.3 is 5.97 Å². The predicted molar refractivity (Wildman–Crippen MR) is 156 cm³/mol. The van der Waals surface area contributed by atoms with Gasteiger partial charge in [0, 0.05) is 19.3 Å². The average molecular weight is 604 g/mol. The number of thioether (sulfide) groups is 1. The Kier molecular flexibility index (Phi) is 13.6. The summed E-state index contributed by atoms with van der Waals surface area (Å²) < 4.78 is 0. The summed E-state index contributed by atoms with van der Waals surface area (Å²) in [6.45, 7) is 0. The Morgan fingerprint density at radius 3 is 1.67 bits per heavy atom. The second-order valence-corrected chi connectivity index (χ2v) is 10.6. The number of aliphatic carboxylic acids is 1. The highest BCUT2D eigenvalue weighted by Gasteiger charge is 2.31. The fourth-order valence-electron chi connectivity index (χ4n) is 3.90. The number of phenols is 2. The van der Waals surface area contributed by atoms with Crippen molar-refractivity contribution >= 4 is 41.4 Å². The highest BCUT2D eigenvalue weighted by atomic mass is 32.2. The van der Waals surface area contributed by atoms with Crippen molar-refractivity contribution in [1.29, 1.82) is 0 Å². The van der Waals surface area contributed by atoms with Gasteiger partial charge in [-0.2, -0.15) is 11.8 Å². The van der Waals surface area contributed by atoms with Crippen LogP contribution in [0.15, 0.2) is 48.5 Å². The van der Waals surface area contributed by atoms with Crippen molar-refractivity contribution in [2.24, 2.45) is 11.5 Å². The fourth-order valence-corrected chi connectivity index (χ4v) is 4.39. The predicted octanol–water partition coefficient (Wildman–Crippen LogP) is -0.232. The van der Waals surface area contributed by atoms with Gasteiger partial charge in [0.2, 0.25) is 23.6 Å². The van der Waals surface area contributed by atoms with Gasteiger partial charge in [-0.1, -0.05) is 24.3 Å². The highest BCUT2D eigenvalue weighted by molar-refractivity contribution is 7.98. The first-order valence-corrected chi connectivity index (χ1v) is 14.5. The van der Waals surface area contributed by atoms with Gasteiger partial charge in [-0.05, 0) is 60.2 Å². The third-order valence-corrected chi connectivity index (χ3v) is 6.93. The largest absolute Gasteiger partial charge is 0.508 e. The summed E-state index contributed by atoms with van der Waals surface area (Å²) in [5.41, 5.74) is 12.3. The minimum absolute atomic E-state index is 0.00588. The molecule has 0 fully saturated rings. The number of hydrogen-bond donors (Lipinski definition) is 8. The van der Waals surface area contributed by atoms with Crippen LogP contribution in [0.25, 0.3) is 0 Å². The van der Waals surface area contributed by atoms with Gasteiger partial charge in [-0.25, -0.2) is 4.79 Å². The molecule has 10 N–H and O–H groups in total. The van der Waals surface area contributed by atoms with E-state index >= 15 is 0 Å². The Bertz CT molecular complexity index is 1230. The molecule has 0 saturated carbocycles. The summed E-state index contributed by atoms with van der Waals surface area (Å²) in [6, 6.07) is 6.88. The van der Waals surface area contributed by atoms with Crippen molar-refractivity contribution in [3.63, 3.8) is 0 Å². The average Bonchev–Trinajstić information content (AvgIpc) is 2.94. The quantitative estimate of drug-likeness (QED) is 0.118. The zero-order valence-electron chi connectivity index (χ0n) is 23.1. The van der Waals surface area contributed by atoms with Gasteiger partial charge in [-0.3, -0.25) is 19.2 Å². The SMILES string of the molecule is CSCCC(N)C(=O)NC(Cc1ccc(O)cc1)C(=O)NC(CCC(N)=O)C(=O)NC(Cc1ccc(O)cc1)C(=O)O. The molecule has 0 heterocycles. The molecule has 13 nitrogen and oxygen atoms in total. The third kappa shape index (κ3) is 11.7. The summed E-state index contributed by atoms with van der Waals surface area (Å²) >= 11 is 1.51. The number of nitrogens with one attached hydrogen (secondary N) is 3. The van der Waals surface area contributed by atoms with E-state index in [1.165, 1.54) is 48.2 Å². The number of aromatic hydroxyl groups is 2. The van der Waals surface area contributed by atoms with Gasteiger partial charge in [-0.15, -0.1) is 0 Å². The molecule has 4 unspecified atom stereocenters. The molecule has 2 rings (SSSR count). The van der Waals surface area contributed by atoms with Crippen LogP contribution in [0.5, 0.6) is 11.5 Å². The monoisotopic (exact) mass is 603 g/mol. The number of hydrogen-bond acceptors (Lipinski definition) is 9. The Morgan fingerprint density at radius 1 is 0.738 bits per heavy atom. The number of carbonyl (C=O) groups excluding carboxylic acids is 4. The molecule has 0 radical (unpaired) electrons. The number of carboxylic acid groups (broad SMARTS) is 1. The molecule has 42 heavy (non-hydrogen) atoms. The lowest BCUT2D eigenvalue weighted by atomic mass is 10.0. The summed E-state index contributed by atoms with van der Waals surface area (Å²) in [5, 5.41) is 36.3. The standard InChI is InChI=1S/C28H37N5O8S/c1-42-13-12-20(29)25(37)32-22(14-16-2-6-18(34)7-3-16)27(39)31-21(10-11-24(30)36)26(38)33-23(28(40)41)15-17-4-8-19(35)9-5-17/h2-9,20-23,34-35H,10-15,29H2,1H3,(H2,30,36)(H,31,39)(H,32,37)(H,33,38)(H,40,41). The van der Waals surface area contributed by atoms with Crippen molar-refractivity contribution < 1.29 is 39.3 Å². The molecule has 0 aliphatic carbocycles. The molecule has 4 amide bonds. The van der Waals surface area contributed by atoms with E-state index in [-0.39, 0.29) is 37.2 Å². The van der Waals surface area contributed by atoms with Crippen LogP contribution < -0.4 is 27.4 Å². The van der Waals surface area contributed by atoms with E-state index in [1.807, 2.05) is 6.26 Å². The molecule has 0 aliphatic rings. The molecule has 2 aromatic carbocycles. The summed E-state index contributed by atoms with van der Waals surface area (Å²) in [6.07, 6.45) is 1.57. The number of nitrogens with two attached hydrogens (primary N) is 2. The van der Waals surface area contributed by atoms with Crippen molar-refractivity contribution in [3.8, 4) is 11.5 Å². The first-order chi connectivity index (χ1) is 19.9. The Balaban J connectivity index is 2.25. The molecule has 4 atom stereocenters. The maximum atomic E-state index is 13.4. The van der Waals surface area contributed by atoms with Crippen molar-refractivity contribution in [2.45, 2.75) is 56.3 Å². The van der Waals surface area contributed by atoms with Crippen LogP contribution in [0.1, 0.15) is 30.4 Å². The topological polar surface area (TPSA) is 234 Å². The smallest absolute Gasteiger partial charge is 0.326 e. The summed E-state index contributed by atoms with van der Waals surface area (Å²) in [5.74, 6) is -3.70. The van der Waals surface area contributed by atoms with Crippen molar-refractivity contribution in [2.75, 3.05) is 12.0 Å². The van der Waals surface area contributed by atoms with Crippen LogP contribution in [-0.4, -0.2) is 81.1 Å². The molecule has 0 aliphatic heterocycles. The van der Waals surface area contributed by atoms with Crippen LogP contribution in [-0.2, 0) is 36.8 Å². The lowest BCUT2D eigenvalue weighted by Gasteiger charge is -2.25. The maximum Gasteiger partial charge on any atom is 0.326 e. The Morgan fingerprint density at radius 2 is 1.19 bits per heavy atom. The highest BCUT2D eigenvalue weighted by Crippen LogP contribution is 2.14. The van der Waals surface area contributed by atoms with E-state index < -0.39 is 53.8 Å². The van der Waals surface area contributed by atoms with Crippen LogP contribution >= 0.6 is 11.8 Å². The van der Waals surface area contributed by atoms with Gasteiger partial charge < -0.3 is 42.7 Å². The molecule has 0 aromatic heterocycles. The molecule has 14 heteroatoms. The molecular weight excluding hydrogens is 566 g/mol. The molecule has 2 aromatic rings. The first-order valence-electron chi connectivity index (χ1n) is 13.1. The minimum atomic E-state index is -1.39. The second kappa shape index (κ2) is 16.8. The lowest BCUT2D eigenvalue weighted by molar-refractivity contribution is -0.142. The Labute approximate surface area is 247 Å². The van der Waals surface area contributed by atoms with Crippen LogP contribution in [0.4, 0.5) is 0 Å². The van der Waals surface area contributed by atoms with Crippen LogP contribution in [0.3, 0.4) is 0 Å². The summed E-state index contributed by atoms with van der Waals surface area (Å²) in [4.78, 5) is 62.8. The molecule has 0 saturated heterocycles. The minimum Gasteiger partial charge on any atom is -0.508 e. The summed E-state index contributed by atoms with van der Waals surface area (Å²) in [7, 11) is 0. The van der Waals surface area contributed by atoms with Crippen molar-refractivity contribution in [3.05, 3.63) is 59.7 Å². The van der Waals surface area contributed by atoms with E-state index in [4.69, 9.17) is 11.5 Å². The zero-order chi connectivity index (χ0) is 31.2. The van der Waals surface area contributed by atoms with Gasteiger partial charge in [0.15, 0.2) is 0 Å². The van der Waals surface area contributed by atoms with E-state index in [1.54, 1.807) is 12.1 Å². The number of carboxylic acids is 1. The number of primary amides is 1. The van der Waals surface area contributed by atoms with Gasteiger partial charge in [0.25, 0.3) is 0 Å². The second-order valence-electron chi connectivity index (χ2n) is 9.66. The van der Waals surface area contributed by atoms with E-state index in [2.05, 4.69) is 16.0 Å². The lowest BCUT2D eigenvalue weighted by Crippen LogP contribution is -2.58. The molecular formula is C28H37N5O8S. The van der Waals surface area contributed by atoms with Crippen LogP contribution in [0.2, 0.25) is 0 Å². The van der Waals surface area contributed by atoms with Gasteiger partial charge in [0.05, 0.1) is 6.04 Å². The van der Waals surface area contributed by atoms with Crippen molar-refractivity contribution in [1.82, 2.24) is 16.0 Å². The number of phenolic OH excluding ortho intramolecular Hbond substituents is 2. The van der Waals surface area contributed by atoms with E-state index in [9.17, 15) is 39.3 Å². The number of amides is 4. The third-order valence-electron chi connectivity index (χ3n) is 6.28. The number of rotatable bonds is 17. The van der Waals surface area contributed by atoms with Crippen LogP contribution in [0, 0.1) is 0 Å². The Hall–Kier alpha value is -4.30. The van der Waals surface area contributed by atoms with E-state index in [0.717, 1.165) is 0 Å². The number of benzene rings is 2. The first kappa shape index (κ1) is 33.9. The zero-order valence-corrected chi connectivity index (χ0v) is 23.9. The molecule has 228 valence electrons. The normalized spacial score (nSPS) is 13.7. The molecule has 0 bridgehead atoms. The number of carbonyl (C=O) groups is 5. The molecule has 0 spiro atoms.